The van der Waals surface area contributed by atoms with Crippen LogP contribution >= 0.6 is 27.5 Å². The van der Waals surface area contributed by atoms with Crippen LogP contribution in [-0.2, 0) is 9.59 Å². The largest absolute Gasteiger partial charge is 0.273 e. The maximum absolute atomic E-state index is 11.1. The Kier molecular flexibility index (Phi) is 2.34. The SMILES string of the molecule is CCN1C(=O)C(Cl)=C(Br)C1=O. The van der Waals surface area contributed by atoms with Crippen LogP contribution in [0.15, 0.2) is 9.51 Å². The van der Waals surface area contributed by atoms with E-state index in [1.54, 1.807) is 6.92 Å². The van der Waals surface area contributed by atoms with Crippen molar-refractivity contribution < 1.29 is 9.59 Å². The summed E-state index contributed by atoms with van der Waals surface area (Å²) in [7, 11) is 0. The molecule has 0 aliphatic carbocycles. The molecule has 5 heteroatoms. The van der Waals surface area contributed by atoms with Gasteiger partial charge in [-0.2, -0.15) is 0 Å². The molecule has 0 saturated heterocycles. The van der Waals surface area contributed by atoms with Gasteiger partial charge in [0.1, 0.15) is 9.51 Å². The van der Waals surface area contributed by atoms with E-state index in [9.17, 15) is 9.59 Å². The van der Waals surface area contributed by atoms with Crippen LogP contribution in [0, 0.1) is 0 Å². The molecule has 0 fully saturated rings. The number of amides is 2. The summed E-state index contributed by atoms with van der Waals surface area (Å²) < 4.78 is 0.158. The van der Waals surface area contributed by atoms with Crippen LogP contribution in [-0.4, -0.2) is 23.3 Å². The van der Waals surface area contributed by atoms with Crippen molar-refractivity contribution in [3.8, 4) is 0 Å². The minimum atomic E-state index is -0.425. The average Bonchev–Trinajstić information content (AvgIpc) is 2.17. The van der Waals surface area contributed by atoms with E-state index >= 15 is 0 Å². The number of nitrogens with zero attached hydrogens (tertiary/aromatic N) is 1. The average molecular weight is 238 g/mol. The lowest BCUT2D eigenvalue weighted by molar-refractivity contribution is -0.136. The maximum Gasteiger partial charge on any atom is 0.273 e. The number of rotatable bonds is 1. The Morgan fingerprint density at radius 1 is 1.45 bits per heavy atom. The van der Waals surface area contributed by atoms with Crippen LogP contribution < -0.4 is 0 Å². The molecule has 0 aromatic rings. The smallest absolute Gasteiger partial charge is 0.273 e. The second-order valence-corrected chi connectivity index (χ2v) is 3.15. The van der Waals surface area contributed by atoms with Crippen LogP contribution in [0.5, 0.6) is 0 Å². The Morgan fingerprint density at radius 2 is 2.00 bits per heavy atom. The molecule has 0 N–H and O–H groups in total. The van der Waals surface area contributed by atoms with Crippen molar-refractivity contribution in [3.05, 3.63) is 9.51 Å². The summed E-state index contributed by atoms with van der Waals surface area (Å²) in [4.78, 5) is 23.2. The molecule has 2 amide bonds. The molecule has 1 heterocycles. The normalized spacial score (nSPS) is 18.6. The topological polar surface area (TPSA) is 37.4 Å². The van der Waals surface area contributed by atoms with Gasteiger partial charge < -0.3 is 0 Å². The highest BCUT2D eigenvalue weighted by Crippen LogP contribution is 2.27. The first-order chi connectivity index (χ1) is 5.09. The first-order valence-corrected chi connectivity index (χ1v) is 4.18. The minimum Gasteiger partial charge on any atom is -0.273 e. The van der Waals surface area contributed by atoms with E-state index in [0.29, 0.717) is 6.54 Å². The zero-order chi connectivity index (χ0) is 8.59. The summed E-state index contributed by atoms with van der Waals surface area (Å²) in [6, 6.07) is 0. The number of carbonyl (C=O) groups excluding carboxylic acids is 2. The molecule has 1 aliphatic rings. The van der Waals surface area contributed by atoms with E-state index in [2.05, 4.69) is 15.9 Å². The van der Waals surface area contributed by atoms with Crippen molar-refractivity contribution in [2.45, 2.75) is 6.92 Å². The number of halogens is 2. The zero-order valence-corrected chi connectivity index (χ0v) is 8.07. The van der Waals surface area contributed by atoms with E-state index in [1.807, 2.05) is 0 Å². The third kappa shape index (κ3) is 1.20. The molecular weight excluding hydrogens is 233 g/mol. The van der Waals surface area contributed by atoms with Crippen molar-refractivity contribution in [2.75, 3.05) is 6.54 Å². The Hall–Kier alpha value is -0.350. The molecule has 0 atom stereocenters. The van der Waals surface area contributed by atoms with Gasteiger partial charge in [-0.3, -0.25) is 14.5 Å². The molecule has 0 spiro atoms. The molecule has 11 heavy (non-hydrogen) atoms. The van der Waals surface area contributed by atoms with Crippen LogP contribution in [0.4, 0.5) is 0 Å². The lowest BCUT2D eigenvalue weighted by atomic mass is 10.5. The fourth-order valence-corrected chi connectivity index (χ4v) is 1.37. The Labute approximate surface area is 77.1 Å². The van der Waals surface area contributed by atoms with Gasteiger partial charge in [-0.05, 0) is 22.9 Å². The molecule has 0 aromatic carbocycles. The van der Waals surface area contributed by atoms with Gasteiger partial charge in [0.15, 0.2) is 0 Å². The van der Waals surface area contributed by atoms with E-state index in [4.69, 9.17) is 11.6 Å². The molecule has 0 aromatic heterocycles. The summed E-state index contributed by atoms with van der Waals surface area (Å²) in [5.74, 6) is -0.784. The fourth-order valence-electron chi connectivity index (χ4n) is 0.804. The molecule has 60 valence electrons. The predicted octanol–water partition coefficient (Wildman–Crippen LogP) is 1.22. The highest BCUT2D eigenvalue weighted by atomic mass is 79.9. The second-order valence-electron chi connectivity index (χ2n) is 1.98. The first-order valence-electron chi connectivity index (χ1n) is 3.01. The molecule has 0 unspecified atom stereocenters. The molecule has 1 rings (SSSR count). The standard InChI is InChI=1S/C6H5BrClNO2/c1-2-9-5(10)3(7)4(8)6(9)11/h2H2,1H3. The van der Waals surface area contributed by atoms with E-state index < -0.39 is 5.91 Å². The van der Waals surface area contributed by atoms with Gasteiger partial charge in [-0.1, -0.05) is 11.6 Å². The second kappa shape index (κ2) is 2.95. The molecular formula is C6H5BrClNO2. The van der Waals surface area contributed by atoms with Gasteiger partial charge in [-0.25, -0.2) is 0 Å². The van der Waals surface area contributed by atoms with E-state index in [1.165, 1.54) is 0 Å². The molecule has 1 aliphatic heterocycles. The Morgan fingerprint density at radius 3 is 2.18 bits per heavy atom. The number of carbonyl (C=O) groups is 2. The van der Waals surface area contributed by atoms with Crippen LogP contribution in [0.3, 0.4) is 0 Å². The van der Waals surface area contributed by atoms with Crippen LogP contribution in [0.2, 0.25) is 0 Å². The van der Waals surface area contributed by atoms with Gasteiger partial charge >= 0.3 is 0 Å². The van der Waals surface area contributed by atoms with Crippen molar-refractivity contribution in [2.24, 2.45) is 0 Å². The molecule has 0 saturated carbocycles. The number of likely N-dealkylation sites (N-methyl/N-ethyl adjacent to an activating group) is 1. The van der Waals surface area contributed by atoms with Crippen LogP contribution in [0.1, 0.15) is 6.92 Å². The highest BCUT2D eigenvalue weighted by Gasteiger charge is 2.34. The van der Waals surface area contributed by atoms with Gasteiger partial charge in [-0.15, -0.1) is 0 Å². The van der Waals surface area contributed by atoms with Crippen molar-refractivity contribution in [1.29, 1.82) is 0 Å². The molecule has 0 bridgehead atoms. The van der Waals surface area contributed by atoms with Gasteiger partial charge in [0.2, 0.25) is 0 Å². The van der Waals surface area contributed by atoms with Crippen molar-refractivity contribution in [1.82, 2.24) is 4.90 Å². The lowest BCUT2D eigenvalue weighted by Crippen LogP contribution is -2.30. The third-order valence-corrected chi connectivity index (χ3v) is 2.69. The monoisotopic (exact) mass is 237 g/mol. The van der Waals surface area contributed by atoms with E-state index in [0.717, 1.165) is 4.90 Å². The van der Waals surface area contributed by atoms with Crippen molar-refractivity contribution >= 4 is 39.3 Å². The number of imide groups is 1. The number of hydrogen-bond acceptors (Lipinski definition) is 2. The van der Waals surface area contributed by atoms with Crippen molar-refractivity contribution in [3.63, 3.8) is 0 Å². The maximum atomic E-state index is 11.1. The van der Waals surface area contributed by atoms with E-state index in [-0.39, 0.29) is 15.4 Å². The lowest BCUT2D eigenvalue weighted by Gasteiger charge is -2.09. The summed E-state index contributed by atoms with van der Waals surface area (Å²) in [5, 5.41) is -0.0307. The fraction of sp³-hybridized carbons (Fsp3) is 0.333. The Balaban J connectivity index is 3.02. The highest BCUT2D eigenvalue weighted by molar-refractivity contribution is 9.12. The number of hydrogen-bond donors (Lipinski definition) is 0. The van der Waals surface area contributed by atoms with Gasteiger partial charge in [0.25, 0.3) is 11.8 Å². The molecule has 3 nitrogen and oxygen atoms in total. The van der Waals surface area contributed by atoms with Gasteiger partial charge in [0, 0.05) is 6.54 Å². The Bertz CT molecular complexity index is 237. The first kappa shape index (κ1) is 8.74. The summed E-state index contributed by atoms with van der Waals surface area (Å²) in [5.41, 5.74) is 0. The quantitative estimate of drug-likeness (QED) is 0.644. The van der Waals surface area contributed by atoms with Gasteiger partial charge in [0.05, 0.1) is 0 Å². The summed E-state index contributed by atoms with van der Waals surface area (Å²) in [6.45, 7) is 2.06. The minimum absolute atomic E-state index is 0.0307. The third-order valence-electron chi connectivity index (χ3n) is 1.37. The van der Waals surface area contributed by atoms with Crippen LogP contribution in [0.25, 0.3) is 0 Å². The molecule has 0 radical (unpaired) electrons. The zero-order valence-electron chi connectivity index (χ0n) is 5.73. The predicted molar refractivity (Wildman–Crippen MR) is 44.2 cm³/mol. The summed E-state index contributed by atoms with van der Waals surface area (Å²) in [6.07, 6.45) is 0. The summed E-state index contributed by atoms with van der Waals surface area (Å²) >= 11 is 8.43.